The predicted octanol–water partition coefficient (Wildman–Crippen LogP) is 2.50. The number of aliphatic carboxylic acids is 1. The lowest BCUT2D eigenvalue weighted by atomic mass is 10.1. The lowest BCUT2D eigenvalue weighted by molar-refractivity contribution is -0.141. The molecular weight excluding hydrogens is 393 g/mol. The first kappa shape index (κ1) is 22.8. The van der Waals surface area contributed by atoms with Crippen molar-refractivity contribution in [3.8, 4) is 0 Å². The number of nitrogens with one attached hydrogen (secondary N) is 2. The number of amides is 2. The van der Waals surface area contributed by atoms with Gasteiger partial charge in [0.1, 0.15) is 11.9 Å². The van der Waals surface area contributed by atoms with Crippen molar-refractivity contribution in [3.05, 3.63) is 52.1 Å². The summed E-state index contributed by atoms with van der Waals surface area (Å²) in [6, 6.07) is 2.95. The van der Waals surface area contributed by atoms with Gasteiger partial charge in [-0.1, -0.05) is 6.92 Å². The van der Waals surface area contributed by atoms with Gasteiger partial charge >= 0.3 is 5.97 Å². The van der Waals surface area contributed by atoms with E-state index in [9.17, 15) is 23.6 Å². The Kier molecular flexibility index (Phi) is 6.76. The molecule has 2 amide bonds. The summed E-state index contributed by atoms with van der Waals surface area (Å²) in [5, 5.41) is 13.9. The van der Waals surface area contributed by atoms with Crippen molar-refractivity contribution in [1.82, 2.24) is 9.88 Å². The molecule has 0 radical (unpaired) electrons. The Morgan fingerprint density at radius 3 is 2.33 bits per heavy atom. The number of hydrogen-bond donors (Lipinski definition) is 3. The summed E-state index contributed by atoms with van der Waals surface area (Å²) in [6.07, 6.45) is 0.115. The molecule has 0 bridgehead atoms. The average Bonchev–Trinajstić information content (AvgIpc) is 2.90. The Morgan fingerprint density at radius 1 is 1.17 bits per heavy atom. The van der Waals surface area contributed by atoms with Crippen LogP contribution in [0.2, 0.25) is 0 Å². The normalized spacial score (nSPS) is 11.7. The Labute approximate surface area is 173 Å². The molecule has 1 atom stereocenters. The van der Waals surface area contributed by atoms with Crippen molar-refractivity contribution >= 4 is 29.3 Å². The lowest BCUT2D eigenvalue weighted by Crippen LogP contribution is -2.44. The number of carbonyl (C=O) groups is 4. The topological polar surface area (TPSA) is 117 Å². The number of benzene rings is 1. The van der Waals surface area contributed by atoms with E-state index in [1.54, 1.807) is 20.8 Å². The molecule has 0 aliphatic rings. The van der Waals surface area contributed by atoms with Gasteiger partial charge in [-0.15, -0.1) is 0 Å². The summed E-state index contributed by atoms with van der Waals surface area (Å²) in [6.45, 7) is 6.30. The number of carboxylic acids is 1. The molecule has 2 aromatic rings. The van der Waals surface area contributed by atoms with Crippen molar-refractivity contribution in [3.63, 3.8) is 0 Å². The van der Waals surface area contributed by atoms with Crippen LogP contribution in [0.15, 0.2) is 18.2 Å². The number of hydrogen-bond acceptors (Lipinski definition) is 4. The van der Waals surface area contributed by atoms with E-state index in [4.69, 9.17) is 5.11 Å². The van der Waals surface area contributed by atoms with E-state index in [1.807, 2.05) is 0 Å². The standard InChI is InChI=1S/C21H24FN3O5/c1-6-15(21(29)30)24-20(28)18(26)17-11(3)16(12(4)25(17)5)19(27)23-13-7-8-14(22)10(2)9-13/h7-9,15H,6H2,1-5H3,(H,23,27)(H,24,28)(H,29,30)/t15-/m0/s1. The maximum Gasteiger partial charge on any atom is 0.326 e. The minimum absolute atomic E-state index is 0.00863. The second-order valence-corrected chi connectivity index (χ2v) is 7.01. The SMILES string of the molecule is CC[C@H](NC(=O)C(=O)c1c(C)c(C(=O)Nc2ccc(F)c(C)c2)c(C)n1C)C(=O)O. The molecule has 2 rings (SSSR count). The molecule has 0 aliphatic carbocycles. The van der Waals surface area contributed by atoms with Gasteiger partial charge in [-0.2, -0.15) is 0 Å². The average molecular weight is 417 g/mol. The second-order valence-electron chi connectivity index (χ2n) is 7.01. The second kappa shape index (κ2) is 8.89. The van der Waals surface area contributed by atoms with Crippen LogP contribution < -0.4 is 10.6 Å². The molecule has 3 N–H and O–H groups in total. The fraction of sp³-hybridized carbons (Fsp3) is 0.333. The van der Waals surface area contributed by atoms with Gasteiger partial charge in [-0.05, 0) is 56.5 Å². The Morgan fingerprint density at radius 2 is 1.80 bits per heavy atom. The lowest BCUT2D eigenvalue weighted by Gasteiger charge is -2.12. The van der Waals surface area contributed by atoms with Gasteiger partial charge in [-0.25, -0.2) is 9.18 Å². The van der Waals surface area contributed by atoms with E-state index >= 15 is 0 Å². The molecule has 30 heavy (non-hydrogen) atoms. The van der Waals surface area contributed by atoms with Crippen LogP contribution in [0, 0.1) is 26.6 Å². The first-order chi connectivity index (χ1) is 14.0. The number of carbonyl (C=O) groups excluding carboxylic acids is 3. The highest BCUT2D eigenvalue weighted by atomic mass is 19.1. The molecule has 0 spiro atoms. The van der Waals surface area contributed by atoms with Gasteiger partial charge < -0.3 is 20.3 Å². The highest BCUT2D eigenvalue weighted by Crippen LogP contribution is 2.24. The zero-order chi connectivity index (χ0) is 22.7. The molecule has 0 saturated heterocycles. The number of anilines is 1. The van der Waals surface area contributed by atoms with Crippen LogP contribution in [-0.4, -0.2) is 39.3 Å². The van der Waals surface area contributed by atoms with Crippen molar-refractivity contribution in [2.45, 2.75) is 40.2 Å². The van der Waals surface area contributed by atoms with Gasteiger partial charge in [0, 0.05) is 18.4 Å². The minimum Gasteiger partial charge on any atom is -0.480 e. The molecule has 8 nitrogen and oxygen atoms in total. The van der Waals surface area contributed by atoms with Crippen LogP contribution in [0.3, 0.4) is 0 Å². The van der Waals surface area contributed by atoms with Crippen LogP contribution in [0.4, 0.5) is 10.1 Å². The molecule has 0 saturated carbocycles. The molecule has 9 heteroatoms. The number of carboxylic acid groups (broad SMARTS) is 1. The summed E-state index contributed by atoms with van der Waals surface area (Å²) < 4.78 is 14.9. The highest BCUT2D eigenvalue weighted by molar-refractivity contribution is 6.43. The number of rotatable bonds is 7. The molecule has 1 heterocycles. The van der Waals surface area contributed by atoms with Crippen LogP contribution in [0.5, 0.6) is 0 Å². The Balaban J connectivity index is 2.34. The number of Topliss-reactive ketones (excluding diaryl/α,β-unsaturated/α-hetero) is 1. The van der Waals surface area contributed by atoms with Gasteiger partial charge in [0.15, 0.2) is 0 Å². The van der Waals surface area contributed by atoms with Gasteiger partial charge in [0.05, 0.1) is 11.3 Å². The van der Waals surface area contributed by atoms with E-state index < -0.39 is 35.4 Å². The zero-order valence-electron chi connectivity index (χ0n) is 17.4. The van der Waals surface area contributed by atoms with E-state index in [-0.39, 0.29) is 23.2 Å². The third kappa shape index (κ3) is 4.40. The zero-order valence-corrected chi connectivity index (χ0v) is 17.4. The van der Waals surface area contributed by atoms with Crippen molar-refractivity contribution in [2.75, 3.05) is 5.32 Å². The minimum atomic E-state index is -1.24. The van der Waals surface area contributed by atoms with E-state index in [2.05, 4.69) is 10.6 Å². The maximum atomic E-state index is 13.4. The van der Waals surface area contributed by atoms with Crippen LogP contribution in [0.1, 0.15) is 51.0 Å². The summed E-state index contributed by atoms with van der Waals surface area (Å²) in [5.74, 6) is -4.15. The summed E-state index contributed by atoms with van der Waals surface area (Å²) >= 11 is 0. The Hall–Kier alpha value is -3.49. The monoisotopic (exact) mass is 417 g/mol. The summed E-state index contributed by atoms with van der Waals surface area (Å²) in [4.78, 5) is 48.9. The van der Waals surface area contributed by atoms with Crippen molar-refractivity contribution in [1.29, 1.82) is 0 Å². The Bertz CT molecular complexity index is 1040. The third-order valence-electron chi connectivity index (χ3n) is 5.01. The van der Waals surface area contributed by atoms with Crippen LogP contribution >= 0.6 is 0 Å². The van der Waals surface area contributed by atoms with E-state index in [0.29, 0.717) is 16.9 Å². The molecule has 160 valence electrons. The number of nitrogens with zero attached hydrogens (tertiary/aromatic N) is 1. The van der Waals surface area contributed by atoms with Crippen molar-refractivity contribution < 1.29 is 28.7 Å². The number of halogens is 1. The van der Waals surface area contributed by atoms with E-state index in [1.165, 1.54) is 36.7 Å². The fourth-order valence-electron chi connectivity index (χ4n) is 3.22. The maximum absolute atomic E-state index is 13.4. The number of aromatic nitrogens is 1. The fourth-order valence-corrected chi connectivity index (χ4v) is 3.22. The third-order valence-corrected chi connectivity index (χ3v) is 5.01. The van der Waals surface area contributed by atoms with Gasteiger partial charge in [0.2, 0.25) is 0 Å². The van der Waals surface area contributed by atoms with Crippen molar-refractivity contribution in [2.24, 2.45) is 7.05 Å². The number of aryl methyl sites for hydroxylation is 1. The number of ketones is 1. The first-order valence-corrected chi connectivity index (χ1v) is 9.30. The molecule has 0 fully saturated rings. The van der Waals surface area contributed by atoms with Crippen LogP contribution in [0.25, 0.3) is 0 Å². The van der Waals surface area contributed by atoms with Crippen LogP contribution in [-0.2, 0) is 16.6 Å². The summed E-state index contributed by atoms with van der Waals surface area (Å²) in [7, 11) is 1.54. The highest BCUT2D eigenvalue weighted by Gasteiger charge is 2.30. The van der Waals surface area contributed by atoms with Gasteiger partial charge in [0.25, 0.3) is 17.6 Å². The van der Waals surface area contributed by atoms with Gasteiger partial charge in [-0.3, -0.25) is 14.4 Å². The molecular formula is C21H24FN3O5. The largest absolute Gasteiger partial charge is 0.480 e. The smallest absolute Gasteiger partial charge is 0.326 e. The van der Waals surface area contributed by atoms with E-state index in [0.717, 1.165) is 0 Å². The first-order valence-electron chi connectivity index (χ1n) is 9.30. The molecule has 0 aliphatic heterocycles. The quantitative estimate of drug-likeness (QED) is 0.473. The molecule has 1 aromatic heterocycles. The predicted molar refractivity (Wildman–Crippen MR) is 108 cm³/mol. The summed E-state index contributed by atoms with van der Waals surface area (Å²) in [5.41, 5.74) is 1.69. The molecule has 0 unspecified atom stereocenters. The molecule has 1 aromatic carbocycles.